The van der Waals surface area contributed by atoms with Gasteiger partial charge in [-0.25, -0.2) is 0 Å². The van der Waals surface area contributed by atoms with Gasteiger partial charge < -0.3 is 0 Å². The molecule has 58 valence electrons. The zero-order valence-corrected chi connectivity index (χ0v) is 7.30. The van der Waals surface area contributed by atoms with Gasteiger partial charge in [0.1, 0.15) is 0 Å². The molecular weight excluding hydrogens is 120 g/mol. The van der Waals surface area contributed by atoms with Gasteiger partial charge in [-0.05, 0) is 42.4 Å². The maximum Gasteiger partial charge on any atom is -0.0326 e. The first-order valence-electron chi connectivity index (χ1n) is 4.70. The summed E-state index contributed by atoms with van der Waals surface area (Å²) in [6.45, 7) is 7.12. The van der Waals surface area contributed by atoms with Crippen molar-refractivity contribution in [2.45, 2.75) is 33.6 Å². The van der Waals surface area contributed by atoms with Gasteiger partial charge in [0.25, 0.3) is 0 Å². The van der Waals surface area contributed by atoms with E-state index in [1.165, 1.54) is 18.3 Å². The third kappa shape index (κ3) is 0.810. The summed E-state index contributed by atoms with van der Waals surface area (Å²) >= 11 is 0. The Balaban J connectivity index is 1.80. The molecule has 2 rings (SSSR count). The molecule has 0 aliphatic heterocycles. The first kappa shape index (κ1) is 6.69. The summed E-state index contributed by atoms with van der Waals surface area (Å²) in [5, 5.41) is 0. The Bertz CT molecular complexity index is 137. The second kappa shape index (κ2) is 1.99. The lowest BCUT2D eigenvalue weighted by molar-refractivity contribution is 0.316. The Hall–Kier alpha value is 0. The first-order valence-corrected chi connectivity index (χ1v) is 4.70. The molecule has 0 nitrogen and oxygen atoms in total. The van der Waals surface area contributed by atoms with Gasteiger partial charge in [0.2, 0.25) is 0 Å². The van der Waals surface area contributed by atoms with E-state index in [-0.39, 0.29) is 0 Å². The molecule has 0 aromatic heterocycles. The van der Waals surface area contributed by atoms with Crippen LogP contribution in [-0.2, 0) is 0 Å². The van der Waals surface area contributed by atoms with Crippen LogP contribution in [0.15, 0.2) is 0 Å². The molecular formula is C10H18. The van der Waals surface area contributed by atoms with Crippen molar-refractivity contribution in [2.24, 2.45) is 29.6 Å². The molecule has 2 aliphatic carbocycles. The topological polar surface area (TPSA) is 0 Å². The number of hydrogen-bond acceptors (Lipinski definition) is 0. The van der Waals surface area contributed by atoms with Crippen LogP contribution in [0.25, 0.3) is 0 Å². The quantitative estimate of drug-likeness (QED) is 0.550. The van der Waals surface area contributed by atoms with E-state index in [1.54, 1.807) is 6.42 Å². The Morgan fingerprint density at radius 3 is 2.40 bits per heavy atom. The fraction of sp³-hybridized carbons (Fsp3) is 1.00. The standard InChI is InChI=1S/C10H18/c1-6(2)4-8-9-5-7(3)10(8)9/h6-10H,4-5H2,1-3H3. The van der Waals surface area contributed by atoms with Gasteiger partial charge in [-0.3, -0.25) is 0 Å². The molecule has 0 aromatic rings. The van der Waals surface area contributed by atoms with Crippen molar-refractivity contribution in [3.8, 4) is 0 Å². The van der Waals surface area contributed by atoms with Crippen molar-refractivity contribution in [1.29, 1.82) is 0 Å². The van der Waals surface area contributed by atoms with Crippen molar-refractivity contribution in [3.05, 3.63) is 0 Å². The van der Waals surface area contributed by atoms with E-state index >= 15 is 0 Å². The van der Waals surface area contributed by atoms with E-state index in [1.807, 2.05) is 0 Å². The van der Waals surface area contributed by atoms with Gasteiger partial charge in [0, 0.05) is 0 Å². The molecule has 0 radical (unpaired) electrons. The van der Waals surface area contributed by atoms with Gasteiger partial charge >= 0.3 is 0 Å². The highest BCUT2D eigenvalue weighted by atomic mass is 14.6. The monoisotopic (exact) mass is 138 g/mol. The van der Waals surface area contributed by atoms with Crippen LogP contribution in [0.4, 0.5) is 0 Å². The fourth-order valence-electron chi connectivity index (χ4n) is 2.92. The smallest absolute Gasteiger partial charge is 0.0326 e. The largest absolute Gasteiger partial charge is 0.0628 e. The Morgan fingerprint density at radius 1 is 1.40 bits per heavy atom. The predicted octanol–water partition coefficient (Wildman–Crippen LogP) is 2.93. The summed E-state index contributed by atoms with van der Waals surface area (Å²) in [5.74, 6) is 5.51. The minimum Gasteiger partial charge on any atom is -0.0628 e. The van der Waals surface area contributed by atoms with Crippen LogP contribution in [0.3, 0.4) is 0 Å². The van der Waals surface area contributed by atoms with E-state index in [9.17, 15) is 0 Å². The van der Waals surface area contributed by atoms with Crippen LogP contribution < -0.4 is 0 Å². The third-order valence-corrected chi connectivity index (χ3v) is 3.44. The lowest BCUT2D eigenvalue weighted by Gasteiger charge is -2.18. The maximum absolute atomic E-state index is 2.42. The minimum absolute atomic E-state index is 0.933. The van der Waals surface area contributed by atoms with Gasteiger partial charge in [-0.1, -0.05) is 20.8 Å². The molecule has 0 spiro atoms. The van der Waals surface area contributed by atoms with Gasteiger partial charge in [0.05, 0.1) is 0 Å². The van der Waals surface area contributed by atoms with Gasteiger partial charge in [0.15, 0.2) is 0 Å². The first-order chi connectivity index (χ1) is 4.70. The van der Waals surface area contributed by atoms with Gasteiger partial charge in [-0.2, -0.15) is 0 Å². The van der Waals surface area contributed by atoms with E-state index in [4.69, 9.17) is 0 Å². The molecule has 0 amide bonds. The van der Waals surface area contributed by atoms with Gasteiger partial charge in [-0.15, -0.1) is 0 Å². The summed E-state index contributed by atoms with van der Waals surface area (Å²) in [7, 11) is 0. The molecule has 0 heterocycles. The second-order valence-electron chi connectivity index (χ2n) is 4.75. The lowest BCUT2D eigenvalue weighted by atomic mass is 9.88. The molecule has 0 bridgehead atoms. The average Bonchev–Trinajstić information content (AvgIpc) is 2.33. The molecule has 0 heteroatoms. The van der Waals surface area contributed by atoms with Crippen LogP contribution in [0.2, 0.25) is 0 Å². The number of hydrogen-bond donors (Lipinski definition) is 0. The van der Waals surface area contributed by atoms with Crippen LogP contribution in [0.5, 0.6) is 0 Å². The fourth-order valence-corrected chi connectivity index (χ4v) is 2.92. The van der Waals surface area contributed by atoms with Crippen molar-refractivity contribution in [1.82, 2.24) is 0 Å². The zero-order valence-electron chi connectivity index (χ0n) is 7.30. The second-order valence-corrected chi connectivity index (χ2v) is 4.75. The third-order valence-electron chi connectivity index (χ3n) is 3.44. The Morgan fingerprint density at radius 2 is 2.10 bits per heavy atom. The predicted molar refractivity (Wildman–Crippen MR) is 43.7 cm³/mol. The van der Waals surface area contributed by atoms with E-state index < -0.39 is 0 Å². The summed E-state index contributed by atoms with van der Waals surface area (Å²) < 4.78 is 0. The Kier molecular flexibility index (Phi) is 1.33. The van der Waals surface area contributed by atoms with Crippen molar-refractivity contribution < 1.29 is 0 Å². The van der Waals surface area contributed by atoms with Crippen LogP contribution in [0.1, 0.15) is 33.6 Å². The number of fused-ring (bicyclic) bond motifs is 1. The van der Waals surface area contributed by atoms with E-state index in [0.717, 1.165) is 17.8 Å². The summed E-state index contributed by atoms with van der Waals surface area (Å²) in [6, 6.07) is 0. The van der Waals surface area contributed by atoms with Crippen LogP contribution in [-0.4, -0.2) is 0 Å². The van der Waals surface area contributed by atoms with Crippen molar-refractivity contribution in [2.75, 3.05) is 0 Å². The van der Waals surface area contributed by atoms with E-state index in [0.29, 0.717) is 0 Å². The molecule has 4 atom stereocenters. The van der Waals surface area contributed by atoms with Crippen LogP contribution >= 0.6 is 0 Å². The summed E-state index contributed by atoms with van der Waals surface area (Å²) in [5.41, 5.74) is 0. The number of rotatable bonds is 2. The van der Waals surface area contributed by atoms with Crippen LogP contribution in [0, 0.1) is 29.6 Å². The van der Waals surface area contributed by atoms with Crippen molar-refractivity contribution >= 4 is 0 Å². The molecule has 2 saturated carbocycles. The SMILES string of the molecule is CC(C)CC1C2CC(C)C12. The minimum atomic E-state index is 0.933. The molecule has 10 heavy (non-hydrogen) atoms. The zero-order chi connectivity index (χ0) is 7.30. The maximum atomic E-state index is 2.42. The molecule has 2 aliphatic rings. The van der Waals surface area contributed by atoms with E-state index in [2.05, 4.69) is 20.8 Å². The molecule has 0 aromatic carbocycles. The molecule has 2 fully saturated rings. The summed E-state index contributed by atoms with van der Waals surface area (Å²) in [6.07, 6.45) is 3.04. The summed E-state index contributed by atoms with van der Waals surface area (Å²) in [4.78, 5) is 0. The van der Waals surface area contributed by atoms with Crippen molar-refractivity contribution in [3.63, 3.8) is 0 Å². The average molecular weight is 138 g/mol. The Labute approximate surface area is 64.0 Å². The molecule has 0 saturated heterocycles. The molecule has 4 unspecified atom stereocenters. The highest BCUT2D eigenvalue weighted by Crippen LogP contribution is 2.66. The lowest BCUT2D eigenvalue weighted by Crippen LogP contribution is -2.10. The highest BCUT2D eigenvalue weighted by molar-refractivity contribution is 5.08. The highest BCUT2D eigenvalue weighted by Gasteiger charge is 2.60. The molecule has 0 N–H and O–H groups in total. The normalized spacial score (nSPS) is 50.4.